The van der Waals surface area contributed by atoms with E-state index in [-0.39, 0.29) is 18.0 Å². The third-order valence-corrected chi connectivity index (χ3v) is 6.54. The molecular weight excluding hydrogens is 316 g/mol. The molecule has 7 nitrogen and oxygen atoms in total. The van der Waals surface area contributed by atoms with E-state index in [9.17, 15) is 13.2 Å². The largest absolute Gasteiger partial charge is 0.348 e. The molecule has 1 atom stereocenters. The lowest BCUT2D eigenvalue weighted by Crippen LogP contribution is -2.48. The second kappa shape index (κ2) is 6.60. The standard InChI is InChI=1S/C15H24N4O3S/c1-2-19-9-5-14(17-19)15(20)16-12-3-7-18(8-4-12)13-6-10-23(21,22)11-13/h5,9,12-13H,2-4,6-8,10-11H2,1H3,(H,16,20)/t13-/m1/s1. The van der Waals surface area contributed by atoms with Crippen molar-refractivity contribution in [1.29, 1.82) is 0 Å². The molecule has 2 fully saturated rings. The van der Waals surface area contributed by atoms with Crippen molar-refractivity contribution >= 4 is 15.7 Å². The van der Waals surface area contributed by atoms with Gasteiger partial charge in [0.15, 0.2) is 9.84 Å². The predicted molar refractivity (Wildman–Crippen MR) is 87.0 cm³/mol. The summed E-state index contributed by atoms with van der Waals surface area (Å²) in [5, 5.41) is 7.26. The lowest BCUT2D eigenvalue weighted by atomic mass is 10.0. The van der Waals surface area contributed by atoms with E-state index in [4.69, 9.17) is 0 Å². The van der Waals surface area contributed by atoms with Gasteiger partial charge in [-0.15, -0.1) is 0 Å². The highest BCUT2D eigenvalue weighted by Crippen LogP contribution is 2.22. The molecule has 1 N–H and O–H groups in total. The molecule has 2 saturated heterocycles. The smallest absolute Gasteiger partial charge is 0.271 e. The van der Waals surface area contributed by atoms with E-state index >= 15 is 0 Å². The summed E-state index contributed by atoms with van der Waals surface area (Å²) >= 11 is 0. The van der Waals surface area contributed by atoms with Crippen LogP contribution in [0.5, 0.6) is 0 Å². The number of hydrogen-bond donors (Lipinski definition) is 1. The highest BCUT2D eigenvalue weighted by Gasteiger charge is 2.34. The Morgan fingerprint density at radius 1 is 1.35 bits per heavy atom. The molecule has 128 valence electrons. The van der Waals surface area contributed by atoms with Crippen molar-refractivity contribution in [2.75, 3.05) is 24.6 Å². The number of carbonyl (C=O) groups is 1. The van der Waals surface area contributed by atoms with E-state index in [1.54, 1.807) is 16.9 Å². The number of aryl methyl sites for hydroxylation is 1. The van der Waals surface area contributed by atoms with E-state index < -0.39 is 9.84 Å². The van der Waals surface area contributed by atoms with E-state index in [1.807, 2.05) is 6.92 Å². The molecular formula is C15H24N4O3S. The molecule has 1 aromatic rings. The minimum Gasteiger partial charge on any atom is -0.348 e. The van der Waals surface area contributed by atoms with Crippen molar-refractivity contribution in [3.8, 4) is 0 Å². The lowest BCUT2D eigenvalue weighted by molar-refractivity contribution is 0.0892. The Morgan fingerprint density at radius 2 is 2.09 bits per heavy atom. The van der Waals surface area contributed by atoms with Crippen LogP contribution < -0.4 is 5.32 Å². The first kappa shape index (κ1) is 16.4. The van der Waals surface area contributed by atoms with Crippen molar-refractivity contribution in [3.05, 3.63) is 18.0 Å². The molecule has 23 heavy (non-hydrogen) atoms. The quantitative estimate of drug-likeness (QED) is 0.851. The number of likely N-dealkylation sites (tertiary alicyclic amines) is 1. The number of nitrogens with one attached hydrogen (secondary N) is 1. The van der Waals surface area contributed by atoms with E-state index in [1.165, 1.54) is 0 Å². The van der Waals surface area contributed by atoms with Gasteiger partial charge < -0.3 is 5.32 Å². The number of rotatable bonds is 4. The van der Waals surface area contributed by atoms with Gasteiger partial charge in [0.2, 0.25) is 0 Å². The van der Waals surface area contributed by atoms with Crippen molar-refractivity contribution in [1.82, 2.24) is 20.0 Å². The van der Waals surface area contributed by atoms with Gasteiger partial charge in [0.25, 0.3) is 5.91 Å². The van der Waals surface area contributed by atoms with Gasteiger partial charge in [0.05, 0.1) is 11.5 Å². The number of piperidine rings is 1. The highest BCUT2D eigenvalue weighted by atomic mass is 32.2. The molecule has 8 heteroatoms. The van der Waals surface area contributed by atoms with Crippen LogP contribution in [0.25, 0.3) is 0 Å². The molecule has 0 aromatic carbocycles. The van der Waals surface area contributed by atoms with Gasteiger partial charge in [-0.05, 0) is 32.3 Å². The van der Waals surface area contributed by atoms with Gasteiger partial charge in [0.1, 0.15) is 5.69 Å². The summed E-state index contributed by atoms with van der Waals surface area (Å²) in [6.45, 7) is 4.41. The Kier molecular flexibility index (Phi) is 4.72. The Hall–Kier alpha value is -1.41. The monoisotopic (exact) mass is 340 g/mol. The summed E-state index contributed by atoms with van der Waals surface area (Å²) in [5.41, 5.74) is 0.455. The summed E-state index contributed by atoms with van der Waals surface area (Å²) in [4.78, 5) is 14.4. The third kappa shape index (κ3) is 3.92. The molecule has 2 aliphatic heterocycles. The summed E-state index contributed by atoms with van der Waals surface area (Å²) < 4.78 is 24.9. The number of aromatic nitrogens is 2. The van der Waals surface area contributed by atoms with E-state index in [0.29, 0.717) is 17.2 Å². The van der Waals surface area contributed by atoms with Gasteiger partial charge in [-0.25, -0.2) is 8.42 Å². The van der Waals surface area contributed by atoms with E-state index in [2.05, 4.69) is 15.3 Å². The molecule has 0 bridgehead atoms. The number of hydrogen-bond acceptors (Lipinski definition) is 5. The van der Waals surface area contributed by atoms with Gasteiger partial charge in [-0.2, -0.15) is 5.10 Å². The maximum Gasteiger partial charge on any atom is 0.271 e. The first-order valence-electron chi connectivity index (χ1n) is 8.25. The fraction of sp³-hybridized carbons (Fsp3) is 0.733. The molecule has 2 aliphatic rings. The zero-order valence-corrected chi connectivity index (χ0v) is 14.3. The van der Waals surface area contributed by atoms with Gasteiger partial charge in [-0.3, -0.25) is 14.4 Å². The predicted octanol–water partition coefficient (Wildman–Crippen LogP) is 0.284. The Morgan fingerprint density at radius 3 is 2.65 bits per heavy atom. The van der Waals surface area contributed by atoms with Crippen LogP contribution >= 0.6 is 0 Å². The molecule has 1 amide bonds. The zero-order chi connectivity index (χ0) is 16.4. The fourth-order valence-corrected chi connectivity index (χ4v) is 5.15. The minimum absolute atomic E-state index is 0.126. The number of amides is 1. The van der Waals surface area contributed by atoms with Crippen LogP contribution in [-0.4, -0.2) is 65.7 Å². The molecule has 0 aliphatic carbocycles. The summed E-state index contributed by atoms with van der Waals surface area (Å²) in [5.74, 6) is 0.478. The normalized spacial score (nSPS) is 25.5. The molecule has 0 radical (unpaired) electrons. The topological polar surface area (TPSA) is 84.3 Å². The molecule has 0 unspecified atom stereocenters. The molecule has 3 heterocycles. The average Bonchev–Trinajstić information content (AvgIpc) is 3.14. The second-order valence-corrected chi connectivity index (χ2v) is 8.63. The Labute approximate surface area is 137 Å². The lowest BCUT2D eigenvalue weighted by Gasteiger charge is -2.35. The number of carbonyl (C=O) groups excluding carboxylic acids is 1. The van der Waals surface area contributed by atoms with Gasteiger partial charge in [0, 0.05) is 37.9 Å². The maximum absolute atomic E-state index is 12.2. The van der Waals surface area contributed by atoms with Crippen LogP contribution in [0.4, 0.5) is 0 Å². The van der Waals surface area contributed by atoms with Crippen molar-refractivity contribution < 1.29 is 13.2 Å². The first-order valence-corrected chi connectivity index (χ1v) is 10.1. The van der Waals surface area contributed by atoms with Crippen molar-refractivity contribution in [2.24, 2.45) is 0 Å². The van der Waals surface area contributed by atoms with Crippen LogP contribution in [0.15, 0.2) is 12.3 Å². The SMILES string of the molecule is CCn1ccc(C(=O)NC2CCN([C@@H]3CCS(=O)(=O)C3)CC2)n1. The fourth-order valence-electron chi connectivity index (χ4n) is 3.39. The van der Waals surface area contributed by atoms with Crippen molar-refractivity contribution in [2.45, 2.75) is 44.8 Å². The van der Waals surface area contributed by atoms with Gasteiger partial charge >= 0.3 is 0 Å². The minimum atomic E-state index is -2.84. The van der Waals surface area contributed by atoms with Crippen LogP contribution in [0, 0.1) is 0 Å². The Balaban J connectivity index is 1.48. The maximum atomic E-state index is 12.2. The molecule has 1 aromatic heterocycles. The molecule has 0 saturated carbocycles. The third-order valence-electron chi connectivity index (χ3n) is 4.79. The van der Waals surface area contributed by atoms with E-state index in [0.717, 1.165) is 38.9 Å². The molecule has 0 spiro atoms. The van der Waals surface area contributed by atoms with Crippen LogP contribution in [0.1, 0.15) is 36.7 Å². The summed E-state index contributed by atoms with van der Waals surface area (Å²) in [7, 11) is -2.84. The molecule has 3 rings (SSSR count). The van der Waals surface area contributed by atoms with Crippen LogP contribution in [-0.2, 0) is 16.4 Å². The first-order chi connectivity index (χ1) is 11.0. The number of sulfone groups is 1. The summed E-state index contributed by atoms with van der Waals surface area (Å²) in [6, 6.07) is 2.04. The Bertz CT molecular complexity index is 662. The van der Waals surface area contributed by atoms with Crippen molar-refractivity contribution in [3.63, 3.8) is 0 Å². The van der Waals surface area contributed by atoms with Crippen LogP contribution in [0.3, 0.4) is 0 Å². The summed E-state index contributed by atoms with van der Waals surface area (Å²) in [6.07, 6.45) is 4.26. The average molecular weight is 340 g/mol. The second-order valence-electron chi connectivity index (χ2n) is 6.40. The number of nitrogens with zero attached hydrogens (tertiary/aromatic N) is 3. The zero-order valence-electron chi connectivity index (χ0n) is 13.4. The highest BCUT2D eigenvalue weighted by molar-refractivity contribution is 7.91. The van der Waals surface area contributed by atoms with Gasteiger partial charge in [-0.1, -0.05) is 0 Å². The van der Waals surface area contributed by atoms with Crippen LogP contribution in [0.2, 0.25) is 0 Å².